The zero-order valence-electron chi connectivity index (χ0n) is 35.8. The molecular formula is C48H64O8S4. The van der Waals surface area contributed by atoms with E-state index in [1.165, 1.54) is 47.0 Å². The monoisotopic (exact) mass is 896 g/mol. The van der Waals surface area contributed by atoms with Gasteiger partial charge in [0.1, 0.15) is 23.0 Å². The predicted molar refractivity (Wildman–Crippen MR) is 246 cm³/mol. The Morgan fingerprint density at radius 1 is 0.317 bits per heavy atom. The number of aromatic hydroxyl groups is 4. The predicted octanol–water partition coefficient (Wildman–Crippen LogP) is 14.3. The minimum absolute atomic E-state index is 0.0444. The van der Waals surface area contributed by atoms with E-state index in [2.05, 4.69) is 27.7 Å². The second-order valence-electron chi connectivity index (χ2n) is 15.2. The smallest absolute Gasteiger partial charge is 0.143 e. The fourth-order valence-electron chi connectivity index (χ4n) is 6.55. The molecule has 12 heteroatoms. The summed E-state index contributed by atoms with van der Waals surface area (Å²) < 4.78 is 24.4. The van der Waals surface area contributed by atoms with Gasteiger partial charge in [0, 0.05) is 26.4 Å². The van der Waals surface area contributed by atoms with E-state index in [4.69, 9.17) is 18.9 Å². The molecule has 1 heterocycles. The summed E-state index contributed by atoms with van der Waals surface area (Å²) in [5.41, 5.74) is 3.48. The third kappa shape index (κ3) is 14.7. The van der Waals surface area contributed by atoms with Gasteiger partial charge in [0.15, 0.2) is 0 Å². The van der Waals surface area contributed by atoms with Gasteiger partial charge in [-0.25, -0.2) is 0 Å². The molecular weight excluding hydrogens is 833 g/mol. The number of phenols is 4. The van der Waals surface area contributed by atoms with Crippen molar-refractivity contribution in [3.63, 3.8) is 0 Å². The lowest BCUT2D eigenvalue weighted by atomic mass is 10.2. The van der Waals surface area contributed by atoms with Gasteiger partial charge in [0.25, 0.3) is 0 Å². The lowest BCUT2D eigenvalue weighted by molar-refractivity contribution is 0.116. The van der Waals surface area contributed by atoms with Crippen LogP contribution in [0.1, 0.15) is 127 Å². The van der Waals surface area contributed by atoms with E-state index in [9.17, 15) is 20.4 Å². The van der Waals surface area contributed by atoms with Crippen LogP contribution in [0.2, 0.25) is 0 Å². The number of ether oxygens (including phenoxy) is 4. The van der Waals surface area contributed by atoms with Crippen molar-refractivity contribution in [3.8, 4) is 23.0 Å². The molecule has 4 aromatic rings. The standard InChI is InChI=1S/C48H64O8S4/c1-5-9-13-17-53-29-33-21-37-45(49)38(22-33)58-40-24-35(31-55-19-15-11-7-3)26-42(47(40)51)60-44-28-36(32-56-20-16-12-8-4)27-43(48(44)52)59-41-25-34(23-39(57-37)46(41)50)30-54-18-14-10-6-2/h21-28,49-52H,5-20,29-32H2,1-4H3. The summed E-state index contributed by atoms with van der Waals surface area (Å²) in [5, 5.41) is 48.0. The summed E-state index contributed by atoms with van der Waals surface area (Å²) in [6, 6.07) is 15.3. The Morgan fingerprint density at radius 3 is 0.667 bits per heavy atom. The minimum atomic E-state index is 0.0444. The molecule has 0 radical (unpaired) electrons. The van der Waals surface area contributed by atoms with Crippen LogP contribution in [0.4, 0.5) is 0 Å². The van der Waals surface area contributed by atoms with Crippen LogP contribution in [0.15, 0.2) is 87.7 Å². The summed E-state index contributed by atoms with van der Waals surface area (Å²) in [4.78, 5) is 4.36. The van der Waals surface area contributed by atoms with Gasteiger partial charge in [0.2, 0.25) is 0 Å². The molecule has 1 aliphatic rings. The summed E-state index contributed by atoms with van der Waals surface area (Å²) in [6.07, 6.45) is 12.6. The molecule has 4 N–H and O–H groups in total. The maximum Gasteiger partial charge on any atom is 0.143 e. The van der Waals surface area contributed by atoms with Gasteiger partial charge in [-0.15, -0.1) is 0 Å². The van der Waals surface area contributed by atoms with Crippen LogP contribution in [0, 0.1) is 0 Å². The summed E-state index contributed by atoms with van der Waals surface area (Å²) in [5.74, 6) is 0.177. The first-order chi connectivity index (χ1) is 29.2. The lowest BCUT2D eigenvalue weighted by Gasteiger charge is -2.19. The molecule has 0 spiro atoms. The molecule has 5 rings (SSSR count). The Kier molecular flexibility index (Phi) is 21.0. The van der Waals surface area contributed by atoms with Gasteiger partial charge in [-0.1, -0.05) is 126 Å². The maximum atomic E-state index is 12.0. The second kappa shape index (κ2) is 26.1. The van der Waals surface area contributed by atoms with Crippen LogP contribution >= 0.6 is 47.0 Å². The first-order valence-electron chi connectivity index (χ1n) is 21.7. The van der Waals surface area contributed by atoms with Crippen LogP contribution < -0.4 is 0 Å². The fourth-order valence-corrected chi connectivity index (χ4v) is 11.1. The molecule has 0 aromatic heterocycles. The normalized spacial score (nSPS) is 12.6. The van der Waals surface area contributed by atoms with Gasteiger partial charge >= 0.3 is 0 Å². The Bertz CT molecular complexity index is 1580. The highest BCUT2D eigenvalue weighted by Gasteiger charge is 2.23. The molecule has 0 unspecified atom stereocenters. The number of hydrogen-bond acceptors (Lipinski definition) is 12. The molecule has 4 aromatic carbocycles. The van der Waals surface area contributed by atoms with Crippen LogP contribution in [-0.4, -0.2) is 46.9 Å². The number of benzene rings is 4. The Morgan fingerprint density at radius 2 is 0.500 bits per heavy atom. The van der Waals surface area contributed by atoms with Crippen LogP contribution in [-0.2, 0) is 45.4 Å². The highest BCUT2D eigenvalue weighted by Crippen LogP contribution is 2.53. The largest absolute Gasteiger partial charge is 0.506 e. The molecule has 328 valence electrons. The quantitative estimate of drug-likeness (QED) is 0.0442. The number of phenolic OH excluding ortho intramolecular Hbond substituents is 4. The molecule has 0 atom stereocenters. The van der Waals surface area contributed by atoms with Gasteiger partial charge < -0.3 is 39.4 Å². The van der Waals surface area contributed by atoms with Gasteiger partial charge in [-0.05, 0) is 96.5 Å². The van der Waals surface area contributed by atoms with Crippen molar-refractivity contribution in [1.29, 1.82) is 0 Å². The molecule has 0 aliphatic carbocycles. The number of rotatable bonds is 24. The van der Waals surface area contributed by atoms with Crippen molar-refractivity contribution >= 4 is 47.0 Å². The van der Waals surface area contributed by atoms with Crippen LogP contribution in [0.3, 0.4) is 0 Å². The minimum Gasteiger partial charge on any atom is -0.506 e. The molecule has 0 saturated carbocycles. The molecule has 0 fully saturated rings. The third-order valence-corrected chi connectivity index (χ3v) is 14.2. The van der Waals surface area contributed by atoms with E-state index >= 15 is 0 Å². The molecule has 1 aliphatic heterocycles. The summed E-state index contributed by atoms with van der Waals surface area (Å²) in [7, 11) is 0. The van der Waals surface area contributed by atoms with E-state index < -0.39 is 0 Å². The average Bonchev–Trinajstić information content (AvgIpc) is 3.23. The fraction of sp³-hybridized carbons (Fsp3) is 0.500. The first kappa shape index (κ1) is 48.4. The Hall–Kier alpha value is -2.68. The maximum absolute atomic E-state index is 12.0. The number of fused-ring (bicyclic) bond motifs is 8. The third-order valence-electron chi connectivity index (χ3n) is 9.92. The van der Waals surface area contributed by atoms with Gasteiger partial charge in [-0.3, -0.25) is 0 Å². The van der Waals surface area contributed by atoms with Crippen LogP contribution in [0.5, 0.6) is 23.0 Å². The highest BCUT2D eigenvalue weighted by atomic mass is 32.2. The second-order valence-corrected chi connectivity index (χ2v) is 19.5. The molecule has 0 saturated heterocycles. The molecule has 8 bridgehead atoms. The van der Waals surface area contributed by atoms with E-state index in [-0.39, 0.29) is 23.0 Å². The zero-order chi connectivity index (χ0) is 42.7. The van der Waals surface area contributed by atoms with Crippen molar-refractivity contribution in [2.24, 2.45) is 0 Å². The topological polar surface area (TPSA) is 118 Å². The Balaban J connectivity index is 1.64. The Labute approximate surface area is 374 Å². The lowest BCUT2D eigenvalue weighted by Crippen LogP contribution is -1.99. The van der Waals surface area contributed by atoms with Crippen molar-refractivity contribution in [2.75, 3.05) is 26.4 Å². The van der Waals surface area contributed by atoms with Gasteiger partial charge in [0.05, 0.1) is 65.6 Å². The van der Waals surface area contributed by atoms with E-state index in [0.717, 1.165) is 99.3 Å². The van der Waals surface area contributed by atoms with Gasteiger partial charge in [-0.2, -0.15) is 0 Å². The highest BCUT2D eigenvalue weighted by molar-refractivity contribution is 8.01. The van der Waals surface area contributed by atoms with Crippen molar-refractivity contribution in [2.45, 2.75) is 170 Å². The average molecular weight is 897 g/mol. The molecule has 8 nitrogen and oxygen atoms in total. The van der Waals surface area contributed by atoms with Crippen molar-refractivity contribution in [3.05, 3.63) is 70.8 Å². The number of unbranched alkanes of at least 4 members (excludes halogenated alkanes) is 8. The molecule has 0 amide bonds. The van der Waals surface area contributed by atoms with Crippen molar-refractivity contribution in [1.82, 2.24) is 0 Å². The molecule has 60 heavy (non-hydrogen) atoms. The van der Waals surface area contributed by atoms with Crippen molar-refractivity contribution < 1.29 is 39.4 Å². The summed E-state index contributed by atoms with van der Waals surface area (Å²) >= 11 is 5.08. The zero-order valence-corrected chi connectivity index (χ0v) is 39.1. The first-order valence-corrected chi connectivity index (χ1v) is 25.0. The van der Waals surface area contributed by atoms with E-state index in [1.54, 1.807) is 0 Å². The van der Waals surface area contributed by atoms with E-state index in [1.807, 2.05) is 48.5 Å². The van der Waals surface area contributed by atoms with E-state index in [0.29, 0.717) is 92.0 Å². The summed E-state index contributed by atoms with van der Waals surface area (Å²) in [6.45, 7) is 12.6. The van der Waals surface area contributed by atoms with Crippen LogP contribution in [0.25, 0.3) is 0 Å². The number of hydrogen-bond donors (Lipinski definition) is 4. The SMILES string of the molecule is CCCCCOCc1cc2c(O)c(c1)Sc1cc(COCCCCC)cc(c1O)Sc1cc(COCCCCC)cc(c1O)Sc1cc(COCCCCC)cc(c1O)S2.